The molecule has 3 aromatic carbocycles. The van der Waals surface area contributed by atoms with E-state index < -0.39 is 21.8 Å². The van der Waals surface area contributed by atoms with Gasteiger partial charge in [0.05, 0.1) is 16.8 Å². The van der Waals surface area contributed by atoms with Crippen molar-refractivity contribution < 1.29 is 21.6 Å². The molecule has 0 aliphatic carbocycles. The molecule has 33 heavy (non-hydrogen) atoms. The van der Waals surface area contributed by atoms with Crippen molar-refractivity contribution >= 4 is 32.7 Å². The van der Waals surface area contributed by atoms with Gasteiger partial charge in [0.15, 0.2) is 0 Å². The van der Waals surface area contributed by atoms with Gasteiger partial charge in [0, 0.05) is 17.1 Å². The van der Waals surface area contributed by atoms with Gasteiger partial charge in [0.1, 0.15) is 4.90 Å². The predicted octanol–water partition coefficient (Wildman–Crippen LogP) is 6.15. The van der Waals surface area contributed by atoms with Crippen LogP contribution in [0.2, 0.25) is 0 Å². The van der Waals surface area contributed by atoms with Crippen molar-refractivity contribution in [1.29, 1.82) is 0 Å². The van der Waals surface area contributed by atoms with E-state index >= 15 is 0 Å². The predicted molar refractivity (Wildman–Crippen MR) is 122 cm³/mol. The molecule has 1 heterocycles. The maximum atomic E-state index is 13.2. The first-order valence-corrected chi connectivity index (χ1v) is 11.3. The van der Waals surface area contributed by atoms with Crippen LogP contribution in [0.4, 0.5) is 13.2 Å². The highest BCUT2D eigenvalue weighted by atomic mass is 32.2. The Morgan fingerprint density at radius 2 is 1.55 bits per heavy atom. The summed E-state index contributed by atoms with van der Waals surface area (Å²) in [5.41, 5.74) is 0.440. The van der Waals surface area contributed by atoms with Gasteiger partial charge in [-0.1, -0.05) is 66.7 Å². The molecule has 0 spiro atoms. The summed E-state index contributed by atoms with van der Waals surface area (Å²) in [7, 11) is -4.23. The lowest BCUT2D eigenvalue weighted by atomic mass is 10.1. The standard InChI is InChI=1S/C25H17F3N2O2S/c26-25(27,28)21-14-12-19(13-15-21)22(16-11-18-6-2-1-3-7-18)30-33(31,32)23-10-4-8-20-9-5-17-29-24(20)23/h1-17H/b16-11+,30-22+. The number of halogens is 3. The number of rotatable bonds is 5. The first-order chi connectivity index (χ1) is 15.7. The maximum Gasteiger partial charge on any atom is 0.416 e. The minimum atomic E-state index is -4.50. The lowest BCUT2D eigenvalue weighted by Crippen LogP contribution is -2.08. The van der Waals surface area contributed by atoms with Crippen LogP contribution in [0.1, 0.15) is 16.7 Å². The molecule has 0 radical (unpaired) electrons. The van der Waals surface area contributed by atoms with E-state index in [0.717, 1.165) is 17.7 Å². The molecule has 0 bridgehead atoms. The van der Waals surface area contributed by atoms with Crippen molar-refractivity contribution in [2.75, 3.05) is 0 Å². The summed E-state index contributed by atoms with van der Waals surface area (Å²) < 4.78 is 69.4. The minimum absolute atomic E-state index is 0.000474. The SMILES string of the molecule is O=S(=O)(/N=C(\C=C\c1ccccc1)c1ccc(C(F)(F)F)cc1)c1cccc2cccnc12. The van der Waals surface area contributed by atoms with E-state index in [1.54, 1.807) is 30.3 Å². The van der Waals surface area contributed by atoms with Gasteiger partial charge in [0.25, 0.3) is 10.0 Å². The average Bonchev–Trinajstić information content (AvgIpc) is 2.81. The second-order valence-corrected chi connectivity index (χ2v) is 8.67. The number of benzene rings is 3. The van der Waals surface area contributed by atoms with Crippen molar-refractivity contribution in [1.82, 2.24) is 4.98 Å². The highest BCUT2D eigenvalue weighted by molar-refractivity contribution is 7.90. The molecule has 0 unspecified atom stereocenters. The van der Waals surface area contributed by atoms with Crippen molar-refractivity contribution in [3.63, 3.8) is 0 Å². The molecule has 0 fully saturated rings. The third-order valence-corrected chi connectivity index (χ3v) is 6.16. The summed E-state index contributed by atoms with van der Waals surface area (Å²) in [5, 5.41) is 0.629. The molecular weight excluding hydrogens is 449 g/mol. The fourth-order valence-electron chi connectivity index (χ4n) is 3.21. The Balaban J connectivity index is 1.83. The van der Waals surface area contributed by atoms with E-state index in [4.69, 9.17) is 0 Å². The molecule has 0 saturated heterocycles. The number of hydrogen-bond acceptors (Lipinski definition) is 3. The van der Waals surface area contributed by atoms with Crippen LogP contribution >= 0.6 is 0 Å². The van der Waals surface area contributed by atoms with Gasteiger partial charge < -0.3 is 0 Å². The Kier molecular flexibility index (Phi) is 6.11. The number of para-hydroxylation sites is 1. The topological polar surface area (TPSA) is 59.4 Å². The summed E-state index contributed by atoms with van der Waals surface area (Å²) in [6.07, 6.45) is 0.0922. The monoisotopic (exact) mass is 466 g/mol. The molecule has 0 amide bonds. The van der Waals surface area contributed by atoms with Gasteiger partial charge in [-0.3, -0.25) is 4.98 Å². The van der Waals surface area contributed by atoms with Crippen LogP contribution in [0.25, 0.3) is 17.0 Å². The number of aromatic nitrogens is 1. The molecule has 4 nitrogen and oxygen atoms in total. The van der Waals surface area contributed by atoms with E-state index in [2.05, 4.69) is 9.38 Å². The average molecular weight is 466 g/mol. The molecular formula is C25H17F3N2O2S. The summed E-state index contributed by atoms with van der Waals surface area (Å²) in [4.78, 5) is 4.08. The zero-order valence-corrected chi connectivity index (χ0v) is 17.9. The van der Waals surface area contributed by atoms with Crippen molar-refractivity contribution in [2.45, 2.75) is 11.1 Å². The van der Waals surface area contributed by atoms with Gasteiger partial charge in [-0.25, -0.2) is 0 Å². The molecule has 1 aromatic heterocycles. The van der Waals surface area contributed by atoms with Gasteiger partial charge in [0.2, 0.25) is 0 Å². The highest BCUT2D eigenvalue weighted by Crippen LogP contribution is 2.29. The number of sulfonamides is 1. The van der Waals surface area contributed by atoms with E-state index in [1.165, 1.54) is 30.5 Å². The zero-order chi connectivity index (χ0) is 23.5. The van der Waals surface area contributed by atoms with E-state index in [9.17, 15) is 21.6 Å². The van der Waals surface area contributed by atoms with E-state index in [1.807, 2.05) is 30.3 Å². The Hall–Kier alpha value is -3.78. The lowest BCUT2D eigenvalue weighted by Gasteiger charge is -2.09. The third kappa shape index (κ3) is 5.18. The van der Waals surface area contributed by atoms with Crippen LogP contribution in [0, 0.1) is 0 Å². The van der Waals surface area contributed by atoms with Crippen molar-refractivity contribution in [2.24, 2.45) is 4.40 Å². The Morgan fingerprint density at radius 3 is 2.24 bits per heavy atom. The first-order valence-electron chi connectivity index (χ1n) is 9.83. The van der Waals surface area contributed by atoms with Gasteiger partial charge in [-0.2, -0.15) is 26.0 Å². The third-order valence-electron chi connectivity index (χ3n) is 4.83. The van der Waals surface area contributed by atoms with Crippen LogP contribution in [-0.2, 0) is 16.2 Å². The molecule has 4 aromatic rings. The number of pyridine rings is 1. The fourth-order valence-corrected chi connectivity index (χ4v) is 4.40. The van der Waals surface area contributed by atoms with E-state index in [0.29, 0.717) is 5.39 Å². The molecule has 166 valence electrons. The molecule has 0 aliphatic rings. The molecule has 4 rings (SSSR count). The Morgan fingerprint density at radius 1 is 0.848 bits per heavy atom. The second-order valence-electron chi connectivity index (χ2n) is 7.10. The lowest BCUT2D eigenvalue weighted by molar-refractivity contribution is -0.137. The van der Waals surface area contributed by atoms with Crippen molar-refractivity contribution in [3.05, 3.63) is 114 Å². The number of hydrogen-bond donors (Lipinski definition) is 0. The van der Waals surface area contributed by atoms with E-state index in [-0.39, 0.29) is 21.7 Å². The number of nitrogens with zero attached hydrogens (tertiary/aromatic N) is 2. The summed E-state index contributed by atoms with van der Waals surface area (Å²) >= 11 is 0. The molecule has 0 saturated carbocycles. The van der Waals surface area contributed by atoms with Crippen LogP contribution in [0.3, 0.4) is 0 Å². The van der Waals surface area contributed by atoms with Gasteiger partial charge >= 0.3 is 6.18 Å². The zero-order valence-electron chi connectivity index (χ0n) is 17.1. The fraction of sp³-hybridized carbons (Fsp3) is 0.0400. The quantitative estimate of drug-likeness (QED) is 0.332. The molecule has 0 N–H and O–H groups in total. The molecule has 8 heteroatoms. The van der Waals surface area contributed by atoms with Crippen molar-refractivity contribution in [3.8, 4) is 0 Å². The normalized spacial score (nSPS) is 13.0. The summed E-state index contributed by atoms with van der Waals surface area (Å²) in [6, 6.07) is 21.4. The number of alkyl halides is 3. The Labute approximate surface area is 188 Å². The van der Waals surface area contributed by atoms with Gasteiger partial charge in [-0.15, -0.1) is 0 Å². The summed E-state index contributed by atoms with van der Waals surface area (Å²) in [6.45, 7) is 0. The largest absolute Gasteiger partial charge is 0.416 e. The second kappa shape index (κ2) is 8.99. The van der Waals surface area contributed by atoms with Crippen LogP contribution in [0.15, 0.2) is 106 Å². The summed E-state index contributed by atoms with van der Waals surface area (Å²) in [5.74, 6) is 0. The Bertz CT molecular complexity index is 1440. The smallest absolute Gasteiger partial charge is 0.255 e. The highest BCUT2D eigenvalue weighted by Gasteiger charge is 2.30. The van der Waals surface area contributed by atoms with Crippen LogP contribution < -0.4 is 0 Å². The minimum Gasteiger partial charge on any atom is -0.255 e. The molecule has 0 aliphatic heterocycles. The number of allylic oxidation sites excluding steroid dienone is 1. The molecule has 0 atom stereocenters. The van der Waals surface area contributed by atoms with Crippen LogP contribution in [-0.4, -0.2) is 19.1 Å². The first kappa shape index (κ1) is 22.4. The maximum absolute atomic E-state index is 13.2. The van der Waals surface area contributed by atoms with Crippen LogP contribution in [0.5, 0.6) is 0 Å². The number of fused-ring (bicyclic) bond motifs is 1. The van der Waals surface area contributed by atoms with Gasteiger partial charge in [-0.05, 0) is 35.9 Å².